The van der Waals surface area contributed by atoms with Crippen LogP contribution < -0.4 is 0 Å². The second kappa shape index (κ2) is 24.3. The smallest absolute Gasteiger partial charge is 0.450 e. The zero-order chi connectivity index (χ0) is 31.0. The molecule has 1 rings (SSSR count). The van der Waals surface area contributed by atoms with Gasteiger partial charge in [0.2, 0.25) is 0 Å². The number of hydrogen-bond donors (Lipinski definition) is 1. The number of carboxylic acid groups (broad SMARTS) is 1. The average molecular weight is 601 g/mol. The average Bonchev–Trinajstić information content (AvgIpc) is 2.92. The molecule has 3 unspecified atom stereocenters. The lowest BCUT2D eigenvalue weighted by molar-refractivity contribution is -0.123. The number of rotatable bonds is 23. The molecular formula is C33H60O9. The summed E-state index contributed by atoms with van der Waals surface area (Å²) in [6.45, 7) is 9.47. The lowest BCUT2D eigenvalue weighted by Crippen LogP contribution is -2.48. The van der Waals surface area contributed by atoms with Crippen molar-refractivity contribution in [1.29, 1.82) is 0 Å². The summed E-state index contributed by atoms with van der Waals surface area (Å²) in [5.41, 5.74) is 0. The highest BCUT2D eigenvalue weighted by molar-refractivity contribution is 5.62. The number of carbonyl (C=O) groups is 3. The molecule has 0 saturated heterocycles. The van der Waals surface area contributed by atoms with Gasteiger partial charge in [0.25, 0.3) is 0 Å². The first-order valence-electron chi connectivity index (χ1n) is 16.8. The molecule has 1 aliphatic rings. The molecule has 42 heavy (non-hydrogen) atoms. The van der Waals surface area contributed by atoms with Gasteiger partial charge >= 0.3 is 18.5 Å². The lowest BCUT2D eigenvalue weighted by atomic mass is 9.91. The Morgan fingerprint density at radius 2 is 0.952 bits per heavy atom. The molecule has 0 aromatic heterocycles. The maximum absolute atomic E-state index is 12.4. The Kier molecular flexibility index (Phi) is 21.9. The van der Waals surface area contributed by atoms with E-state index in [1.807, 2.05) is 0 Å². The monoisotopic (exact) mass is 600 g/mol. The summed E-state index contributed by atoms with van der Waals surface area (Å²) in [6, 6.07) is 0. The van der Waals surface area contributed by atoms with Gasteiger partial charge in [-0.1, -0.05) is 118 Å². The predicted octanol–water partition coefficient (Wildman–Crippen LogP) is 9.83. The van der Waals surface area contributed by atoms with Crippen molar-refractivity contribution >= 4 is 18.5 Å². The van der Waals surface area contributed by atoms with Crippen molar-refractivity contribution < 1.29 is 43.2 Å². The first-order chi connectivity index (χ1) is 20.2. The van der Waals surface area contributed by atoms with E-state index in [0.29, 0.717) is 19.3 Å². The van der Waals surface area contributed by atoms with Gasteiger partial charge in [0, 0.05) is 0 Å². The van der Waals surface area contributed by atoms with Crippen LogP contribution >= 0.6 is 0 Å². The molecule has 1 saturated carbocycles. The molecule has 0 aromatic carbocycles. The van der Waals surface area contributed by atoms with Crippen molar-refractivity contribution in [3.8, 4) is 0 Å². The summed E-state index contributed by atoms with van der Waals surface area (Å²) in [4.78, 5) is 36.0. The zero-order valence-corrected chi connectivity index (χ0v) is 26.9. The largest absolute Gasteiger partial charge is 0.508 e. The van der Waals surface area contributed by atoms with Crippen molar-refractivity contribution in [2.75, 3.05) is 13.2 Å². The van der Waals surface area contributed by atoms with Crippen LogP contribution in [-0.4, -0.2) is 55.1 Å². The normalized spacial score (nSPS) is 18.6. The minimum Gasteiger partial charge on any atom is -0.450 e. The highest BCUT2D eigenvalue weighted by atomic mass is 16.8. The fourth-order valence-electron chi connectivity index (χ4n) is 5.31. The highest BCUT2D eigenvalue weighted by Crippen LogP contribution is 2.28. The van der Waals surface area contributed by atoms with Crippen molar-refractivity contribution in [3.05, 3.63) is 0 Å². The molecule has 0 spiro atoms. The van der Waals surface area contributed by atoms with Gasteiger partial charge in [-0.2, -0.15) is 0 Å². The molecule has 3 atom stereocenters. The number of unbranched alkanes of at least 4 members (excludes halogenated alkanes) is 12. The van der Waals surface area contributed by atoms with Gasteiger partial charge in [-0.3, -0.25) is 0 Å². The van der Waals surface area contributed by atoms with Crippen LogP contribution in [0.1, 0.15) is 150 Å². The standard InChI is InChI=1S/C33H60O9/c1-26(2)20-15-11-7-5-9-13-17-24-38-32(36)41-29-23-19-22-28(40-31(34)35)30(29)42-33(37)39-25-18-14-10-6-8-12-16-21-27(3)4/h26-30H,5-25H2,1-4H3,(H,34,35). The topological polar surface area (TPSA) is 118 Å². The Labute approximate surface area is 254 Å². The molecule has 1 N–H and O–H groups in total. The second-order valence-electron chi connectivity index (χ2n) is 12.6. The van der Waals surface area contributed by atoms with Crippen LogP contribution in [0.4, 0.5) is 14.4 Å². The molecule has 0 amide bonds. The molecule has 1 fully saturated rings. The SMILES string of the molecule is CC(C)CCCCCCCCCOC(=O)OC1CCCC(OC(=O)O)C1OC(=O)OCCCCCCCCCC(C)C. The summed E-state index contributed by atoms with van der Waals surface area (Å²) in [7, 11) is 0. The van der Waals surface area contributed by atoms with Crippen LogP contribution in [-0.2, 0) is 23.7 Å². The number of ether oxygens (including phenoxy) is 5. The Morgan fingerprint density at radius 3 is 1.38 bits per heavy atom. The molecule has 0 aliphatic heterocycles. The van der Waals surface area contributed by atoms with E-state index < -0.39 is 36.8 Å². The van der Waals surface area contributed by atoms with Crippen molar-refractivity contribution in [1.82, 2.24) is 0 Å². The molecule has 0 aromatic rings. The summed E-state index contributed by atoms with van der Waals surface area (Å²) < 4.78 is 26.3. The van der Waals surface area contributed by atoms with Crippen LogP contribution in [0.3, 0.4) is 0 Å². The first-order valence-corrected chi connectivity index (χ1v) is 16.8. The van der Waals surface area contributed by atoms with E-state index in [0.717, 1.165) is 50.4 Å². The number of hydrogen-bond acceptors (Lipinski definition) is 8. The van der Waals surface area contributed by atoms with E-state index in [1.165, 1.54) is 64.2 Å². The summed E-state index contributed by atoms with van der Waals surface area (Å²) in [5.74, 6) is 1.52. The minimum absolute atomic E-state index is 0.217. The summed E-state index contributed by atoms with van der Waals surface area (Å²) in [6.07, 6.45) is 13.3. The van der Waals surface area contributed by atoms with E-state index in [2.05, 4.69) is 27.7 Å². The number of carbonyl (C=O) groups excluding carboxylic acids is 2. The maximum atomic E-state index is 12.4. The van der Waals surface area contributed by atoms with Gasteiger partial charge in [-0.05, 0) is 43.9 Å². The van der Waals surface area contributed by atoms with Crippen LogP contribution in [0.25, 0.3) is 0 Å². The van der Waals surface area contributed by atoms with E-state index in [9.17, 15) is 14.4 Å². The van der Waals surface area contributed by atoms with Crippen molar-refractivity contribution in [3.63, 3.8) is 0 Å². The third-order valence-electron chi connectivity index (χ3n) is 7.73. The maximum Gasteiger partial charge on any atom is 0.508 e. The van der Waals surface area contributed by atoms with E-state index in [1.54, 1.807) is 0 Å². The fourth-order valence-corrected chi connectivity index (χ4v) is 5.31. The van der Waals surface area contributed by atoms with Crippen LogP contribution in [0.2, 0.25) is 0 Å². The molecule has 0 radical (unpaired) electrons. The van der Waals surface area contributed by atoms with Gasteiger partial charge in [0.05, 0.1) is 13.2 Å². The molecule has 1 aliphatic carbocycles. The van der Waals surface area contributed by atoms with Crippen LogP contribution in [0, 0.1) is 11.8 Å². The van der Waals surface area contributed by atoms with E-state index in [-0.39, 0.29) is 13.2 Å². The van der Waals surface area contributed by atoms with E-state index >= 15 is 0 Å². The van der Waals surface area contributed by atoms with Crippen molar-refractivity contribution in [2.45, 2.75) is 168 Å². The van der Waals surface area contributed by atoms with Gasteiger partial charge in [0.15, 0.2) is 6.10 Å². The van der Waals surface area contributed by atoms with Crippen LogP contribution in [0.5, 0.6) is 0 Å². The van der Waals surface area contributed by atoms with Gasteiger partial charge < -0.3 is 28.8 Å². The Balaban J connectivity index is 2.31. The van der Waals surface area contributed by atoms with Gasteiger partial charge in [-0.15, -0.1) is 0 Å². The Bertz CT molecular complexity index is 710. The lowest BCUT2D eigenvalue weighted by Gasteiger charge is -2.35. The minimum atomic E-state index is -1.48. The first kappa shape index (κ1) is 37.8. The van der Waals surface area contributed by atoms with Crippen LogP contribution in [0.15, 0.2) is 0 Å². The molecular weight excluding hydrogens is 540 g/mol. The van der Waals surface area contributed by atoms with Gasteiger partial charge in [0.1, 0.15) is 12.2 Å². The third-order valence-corrected chi connectivity index (χ3v) is 7.73. The molecule has 9 heteroatoms. The fraction of sp³-hybridized carbons (Fsp3) is 0.909. The summed E-state index contributed by atoms with van der Waals surface area (Å²) in [5, 5.41) is 9.14. The predicted molar refractivity (Wildman–Crippen MR) is 163 cm³/mol. The molecule has 246 valence electrons. The van der Waals surface area contributed by atoms with Gasteiger partial charge in [-0.25, -0.2) is 14.4 Å². The zero-order valence-electron chi connectivity index (χ0n) is 26.9. The quantitative estimate of drug-likeness (QED) is 0.0694. The van der Waals surface area contributed by atoms with E-state index in [4.69, 9.17) is 28.8 Å². The molecule has 9 nitrogen and oxygen atoms in total. The third kappa shape index (κ3) is 20.6. The summed E-state index contributed by atoms with van der Waals surface area (Å²) >= 11 is 0. The highest BCUT2D eigenvalue weighted by Gasteiger charge is 2.42. The second-order valence-corrected chi connectivity index (χ2v) is 12.6. The Hall–Kier alpha value is -2.19. The van der Waals surface area contributed by atoms with Crippen molar-refractivity contribution in [2.24, 2.45) is 11.8 Å². The Morgan fingerprint density at radius 1 is 0.571 bits per heavy atom. The molecule has 0 heterocycles. The molecule has 0 bridgehead atoms.